The summed E-state index contributed by atoms with van der Waals surface area (Å²) < 4.78 is 2.67. The Balaban J connectivity index is 1.13. The van der Waals surface area contributed by atoms with Crippen LogP contribution in [0, 0.1) is 0 Å². The Hall–Kier alpha value is -7.01. The van der Waals surface area contributed by atoms with Crippen LogP contribution >= 0.6 is 11.3 Å². The van der Waals surface area contributed by atoms with E-state index in [4.69, 9.17) is 15.0 Å². The quantitative estimate of drug-likeness (QED) is 0.166. The Kier molecular flexibility index (Phi) is 7.35. The van der Waals surface area contributed by atoms with E-state index in [-0.39, 0.29) is 0 Å². The van der Waals surface area contributed by atoms with Crippen molar-refractivity contribution in [1.82, 2.24) is 15.0 Å². The van der Waals surface area contributed by atoms with Crippen molar-refractivity contribution in [3.63, 3.8) is 0 Å². The van der Waals surface area contributed by atoms with E-state index in [1.54, 1.807) is 0 Å². The molecule has 0 bridgehead atoms. The minimum absolute atomic E-state index is 0.640. The predicted molar refractivity (Wildman–Crippen MR) is 232 cm³/mol. The summed E-state index contributed by atoms with van der Waals surface area (Å²) in [7, 11) is 0. The second-order valence-electron chi connectivity index (χ2n) is 13.9. The predicted octanol–water partition coefficient (Wildman–Crippen LogP) is 14.0. The molecule has 2 aromatic heterocycles. The summed E-state index contributed by atoms with van der Waals surface area (Å²) in [6.45, 7) is 0. The maximum Gasteiger partial charge on any atom is 0.164 e. The van der Waals surface area contributed by atoms with Crippen LogP contribution in [0.1, 0.15) is 0 Å². The number of thiophene rings is 1. The average Bonchev–Trinajstić information content (AvgIpc) is 3.66. The molecule has 55 heavy (non-hydrogen) atoms. The molecule has 0 radical (unpaired) electrons. The first-order chi connectivity index (χ1) is 27.3. The molecule has 0 N–H and O–H groups in total. The van der Waals surface area contributed by atoms with E-state index in [2.05, 4.69) is 127 Å². The molecule has 0 amide bonds. The minimum atomic E-state index is 0.640. The van der Waals surface area contributed by atoms with Gasteiger partial charge < -0.3 is 0 Å². The molecular formula is C51H31N3S. The molecule has 0 saturated carbocycles. The number of fused-ring (bicyclic) bond motifs is 10. The van der Waals surface area contributed by atoms with Crippen LogP contribution < -0.4 is 0 Å². The maximum atomic E-state index is 5.11. The van der Waals surface area contributed by atoms with Crippen molar-refractivity contribution < 1.29 is 0 Å². The molecule has 256 valence electrons. The summed E-state index contributed by atoms with van der Waals surface area (Å²) in [5.41, 5.74) is 7.36. The topological polar surface area (TPSA) is 38.7 Å². The maximum absolute atomic E-state index is 5.11. The second-order valence-corrected chi connectivity index (χ2v) is 15.0. The Morgan fingerprint density at radius 3 is 1.45 bits per heavy atom. The summed E-state index contributed by atoms with van der Waals surface area (Å²) in [5, 5.41) is 10.3. The third-order valence-corrected chi connectivity index (χ3v) is 11.9. The van der Waals surface area contributed by atoms with Gasteiger partial charge in [-0.25, -0.2) is 15.0 Å². The van der Waals surface area contributed by atoms with Crippen LogP contribution in [0.4, 0.5) is 0 Å². The highest BCUT2D eigenvalue weighted by Crippen LogP contribution is 2.46. The molecule has 11 rings (SSSR count). The zero-order valence-corrected chi connectivity index (χ0v) is 30.5. The monoisotopic (exact) mass is 717 g/mol. The number of hydrogen-bond acceptors (Lipinski definition) is 4. The summed E-state index contributed by atoms with van der Waals surface area (Å²) in [6, 6.07) is 66.8. The molecule has 0 unspecified atom stereocenters. The first-order valence-electron chi connectivity index (χ1n) is 18.5. The van der Waals surface area contributed by atoms with E-state index in [0.29, 0.717) is 17.5 Å². The number of hydrogen-bond donors (Lipinski definition) is 0. The van der Waals surface area contributed by atoms with Crippen LogP contribution in [0.25, 0.3) is 109 Å². The zero-order valence-electron chi connectivity index (χ0n) is 29.6. The van der Waals surface area contributed by atoms with Gasteiger partial charge in [-0.2, -0.15) is 0 Å². The Labute approximate surface area is 321 Å². The smallest absolute Gasteiger partial charge is 0.164 e. The van der Waals surface area contributed by atoms with Gasteiger partial charge >= 0.3 is 0 Å². The molecule has 0 atom stereocenters. The standard InChI is InChI=1S/C51H31N3S/c1-3-15-32(16-4-1)49-52-50(33-17-5-2-6-18-33)54-51(53-49)44-25-12-11-22-38(44)36-20-8-7-19-35(36)34-27-28-42-45(31-34)39-23-10-9-21-37(39)41-29-30-43-40-24-13-14-26-46(40)55-48(43)47(41)42/h1-31H. The van der Waals surface area contributed by atoms with E-state index in [1.807, 2.05) is 72.0 Å². The Morgan fingerprint density at radius 2 is 0.764 bits per heavy atom. The van der Waals surface area contributed by atoms with Crippen LogP contribution in [0.5, 0.6) is 0 Å². The van der Waals surface area contributed by atoms with Crippen LogP contribution in [0.2, 0.25) is 0 Å². The number of rotatable bonds is 5. The van der Waals surface area contributed by atoms with Gasteiger partial charge in [0.2, 0.25) is 0 Å². The summed E-state index contributed by atoms with van der Waals surface area (Å²) in [6.07, 6.45) is 0. The first-order valence-corrected chi connectivity index (χ1v) is 19.3. The Bertz CT molecular complexity index is 3200. The highest BCUT2D eigenvalue weighted by molar-refractivity contribution is 7.26. The molecule has 2 heterocycles. The van der Waals surface area contributed by atoms with E-state index < -0.39 is 0 Å². The van der Waals surface area contributed by atoms with Gasteiger partial charge in [-0.1, -0.05) is 176 Å². The fourth-order valence-electron chi connectivity index (χ4n) is 8.20. The van der Waals surface area contributed by atoms with E-state index in [0.717, 1.165) is 38.9 Å². The van der Waals surface area contributed by atoms with Crippen molar-refractivity contribution in [3.8, 4) is 56.4 Å². The lowest BCUT2D eigenvalue weighted by molar-refractivity contribution is 1.07. The lowest BCUT2D eigenvalue weighted by Gasteiger charge is -2.16. The molecule has 3 nitrogen and oxygen atoms in total. The summed E-state index contributed by atoms with van der Waals surface area (Å²) >= 11 is 1.90. The van der Waals surface area contributed by atoms with Crippen molar-refractivity contribution in [2.45, 2.75) is 0 Å². The normalized spacial score (nSPS) is 11.6. The number of benzene rings is 9. The van der Waals surface area contributed by atoms with E-state index >= 15 is 0 Å². The van der Waals surface area contributed by atoms with Crippen LogP contribution in [-0.2, 0) is 0 Å². The molecule has 0 saturated heterocycles. The molecule has 0 fully saturated rings. The highest BCUT2D eigenvalue weighted by atomic mass is 32.1. The molecule has 0 spiro atoms. The van der Waals surface area contributed by atoms with Gasteiger partial charge in [0.25, 0.3) is 0 Å². The fraction of sp³-hybridized carbons (Fsp3) is 0. The fourth-order valence-corrected chi connectivity index (χ4v) is 9.46. The number of aromatic nitrogens is 3. The van der Waals surface area contributed by atoms with E-state index in [1.165, 1.54) is 52.5 Å². The summed E-state index contributed by atoms with van der Waals surface area (Å²) in [5.74, 6) is 1.93. The van der Waals surface area contributed by atoms with Crippen molar-refractivity contribution in [2.24, 2.45) is 0 Å². The molecule has 9 aromatic carbocycles. The van der Waals surface area contributed by atoms with Crippen molar-refractivity contribution >= 4 is 63.8 Å². The van der Waals surface area contributed by atoms with Crippen molar-refractivity contribution in [2.75, 3.05) is 0 Å². The molecule has 0 aliphatic heterocycles. The van der Waals surface area contributed by atoms with Crippen LogP contribution in [0.15, 0.2) is 188 Å². The minimum Gasteiger partial charge on any atom is -0.208 e. The van der Waals surface area contributed by atoms with Crippen molar-refractivity contribution in [3.05, 3.63) is 188 Å². The lowest BCUT2D eigenvalue weighted by atomic mass is 9.88. The molecule has 11 aromatic rings. The van der Waals surface area contributed by atoms with Crippen LogP contribution in [0.3, 0.4) is 0 Å². The number of nitrogens with zero attached hydrogens (tertiary/aromatic N) is 3. The van der Waals surface area contributed by atoms with Gasteiger partial charge in [0.15, 0.2) is 17.5 Å². The van der Waals surface area contributed by atoms with Gasteiger partial charge in [-0.15, -0.1) is 11.3 Å². The third kappa shape index (κ3) is 5.22. The first kappa shape index (κ1) is 31.5. The van der Waals surface area contributed by atoms with E-state index in [9.17, 15) is 0 Å². The van der Waals surface area contributed by atoms with Crippen molar-refractivity contribution in [1.29, 1.82) is 0 Å². The second kappa shape index (κ2) is 12.8. The summed E-state index contributed by atoms with van der Waals surface area (Å²) in [4.78, 5) is 15.2. The molecule has 4 heteroatoms. The SMILES string of the molecule is c1ccc(-c2nc(-c3ccccc3)nc(-c3ccccc3-c3ccccc3-c3ccc4c(c3)c3ccccc3c3ccc5c6ccccc6sc5c34)n2)cc1. The molecule has 0 aliphatic carbocycles. The van der Waals surface area contributed by atoms with Gasteiger partial charge in [-0.3, -0.25) is 0 Å². The average molecular weight is 718 g/mol. The highest BCUT2D eigenvalue weighted by Gasteiger charge is 2.19. The van der Waals surface area contributed by atoms with Gasteiger partial charge in [0.1, 0.15) is 0 Å². The van der Waals surface area contributed by atoms with Gasteiger partial charge in [-0.05, 0) is 61.3 Å². The van der Waals surface area contributed by atoms with Gasteiger partial charge in [0, 0.05) is 42.2 Å². The molecule has 0 aliphatic rings. The third-order valence-electron chi connectivity index (χ3n) is 10.7. The largest absolute Gasteiger partial charge is 0.208 e. The van der Waals surface area contributed by atoms with Crippen LogP contribution in [-0.4, -0.2) is 15.0 Å². The zero-order chi connectivity index (χ0) is 36.3. The van der Waals surface area contributed by atoms with Gasteiger partial charge in [0.05, 0.1) is 0 Å². The Morgan fingerprint density at radius 1 is 0.291 bits per heavy atom. The lowest BCUT2D eigenvalue weighted by Crippen LogP contribution is -2.01. The molecular weight excluding hydrogens is 687 g/mol.